The van der Waals surface area contributed by atoms with Gasteiger partial charge in [-0.15, -0.1) is 0 Å². The largest absolute Gasteiger partial charge is 0.481 e. The number of nitrogens with one attached hydrogen (secondary N) is 1. The SMILES string of the molecule is COc1ncc(-c2c(C)cccc2C)cc1C(CC(=O)O)NC(=O)[C@@H](CC(C)C)n1ccc(C)cc1=O. The lowest BCUT2D eigenvalue weighted by Gasteiger charge is -2.26. The van der Waals surface area contributed by atoms with Gasteiger partial charge in [0.1, 0.15) is 6.04 Å². The number of carbonyl (C=O) groups excluding carboxylic acids is 1. The predicted octanol–water partition coefficient (Wildman–Crippen LogP) is 4.76. The number of benzene rings is 1. The Morgan fingerprint density at radius 2 is 1.78 bits per heavy atom. The van der Waals surface area contributed by atoms with Crippen molar-refractivity contribution in [2.75, 3.05) is 7.11 Å². The number of carbonyl (C=O) groups is 2. The van der Waals surface area contributed by atoms with Crippen molar-refractivity contribution in [2.24, 2.45) is 5.92 Å². The van der Waals surface area contributed by atoms with Gasteiger partial charge in [-0.25, -0.2) is 4.98 Å². The van der Waals surface area contributed by atoms with Crippen LogP contribution in [0.5, 0.6) is 5.88 Å². The number of aliphatic carboxylic acids is 1. The molecule has 0 aliphatic rings. The number of carboxylic acids is 1. The van der Waals surface area contributed by atoms with Crippen LogP contribution in [-0.2, 0) is 9.59 Å². The Labute approximate surface area is 217 Å². The quantitative estimate of drug-likeness (QED) is 0.411. The van der Waals surface area contributed by atoms with Crippen molar-refractivity contribution >= 4 is 11.9 Å². The maximum Gasteiger partial charge on any atom is 0.305 e. The smallest absolute Gasteiger partial charge is 0.305 e. The molecule has 1 unspecified atom stereocenters. The van der Waals surface area contributed by atoms with Crippen LogP contribution in [0.4, 0.5) is 0 Å². The monoisotopic (exact) mass is 505 g/mol. The molecule has 1 amide bonds. The first-order chi connectivity index (χ1) is 17.5. The predicted molar refractivity (Wildman–Crippen MR) is 143 cm³/mol. The van der Waals surface area contributed by atoms with Crippen LogP contribution in [0, 0.1) is 26.7 Å². The van der Waals surface area contributed by atoms with Crippen LogP contribution >= 0.6 is 0 Å². The fraction of sp³-hybridized carbons (Fsp3) is 0.379. The van der Waals surface area contributed by atoms with Crippen LogP contribution in [0.3, 0.4) is 0 Å². The molecular weight excluding hydrogens is 470 g/mol. The number of methoxy groups -OCH3 is 1. The molecule has 0 saturated heterocycles. The number of pyridine rings is 2. The van der Waals surface area contributed by atoms with E-state index in [0.717, 1.165) is 27.8 Å². The highest BCUT2D eigenvalue weighted by Gasteiger charge is 2.29. The Kier molecular flexibility index (Phi) is 8.86. The lowest BCUT2D eigenvalue weighted by Crippen LogP contribution is -2.40. The number of aryl methyl sites for hydroxylation is 3. The van der Waals surface area contributed by atoms with Crippen LogP contribution in [0.1, 0.15) is 61.0 Å². The minimum Gasteiger partial charge on any atom is -0.481 e. The summed E-state index contributed by atoms with van der Waals surface area (Å²) >= 11 is 0. The third-order valence-corrected chi connectivity index (χ3v) is 6.35. The minimum atomic E-state index is -1.09. The van der Waals surface area contributed by atoms with Gasteiger partial charge < -0.3 is 19.7 Å². The third-order valence-electron chi connectivity index (χ3n) is 6.35. The highest BCUT2D eigenvalue weighted by atomic mass is 16.5. The van der Waals surface area contributed by atoms with Crippen LogP contribution in [0.25, 0.3) is 11.1 Å². The van der Waals surface area contributed by atoms with Crippen LogP contribution in [-0.4, -0.2) is 33.6 Å². The van der Waals surface area contributed by atoms with E-state index in [1.807, 2.05) is 58.9 Å². The number of rotatable bonds is 10. The van der Waals surface area contributed by atoms with Crippen LogP contribution < -0.4 is 15.6 Å². The average Bonchev–Trinajstić information content (AvgIpc) is 2.82. The molecule has 37 heavy (non-hydrogen) atoms. The number of carboxylic acid groups (broad SMARTS) is 1. The van der Waals surface area contributed by atoms with Gasteiger partial charge >= 0.3 is 5.97 Å². The average molecular weight is 506 g/mol. The maximum atomic E-state index is 13.6. The van der Waals surface area contributed by atoms with E-state index in [1.54, 1.807) is 18.5 Å². The van der Waals surface area contributed by atoms with Crippen LogP contribution in [0.15, 0.2) is 53.6 Å². The lowest BCUT2D eigenvalue weighted by atomic mass is 9.94. The zero-order valence-electron chi connectivity index (χ0n) is 22.2. The molecular formula is C29H35N3O5. The van der Waals surface area contributed by atoms with E-state index in [2.05, 4.69) is 10.3 Å². The Bertz CT molecular complexity index is 1330. The minimum absolute atomic E-state index is 0.116. The summed E-state index contributed by atoms with van der Waals surface area (Å²) in [6, 6.07) is 9.33. The van der Waals surface area contributed by atoms with Crippen molar-refractivity contribution in [2.45, 2.75) is 59.5 Å². The van der Waals surface area contributed by atoms with Crippen molar-refractivity contribution in [3.8, 4) is 17.0 Å². The number of aromatic nitrogens is 2. The summed E-state index contributed by atoms with van der Waals surface area (Å²) in [4.78, 5) is 42.7. The van der Waals surface area contributed by atoms with Gasteiger partial charge in [-0.05, 0) is 67.5 Å². The van der Waals surface area contributed by atoms with Gasteiger partial charge in [0.05, 0.1) is 19.6 Å². The fourth-order valence-corrected chi connectivity index (χ4v) is 4.62. The molecule has 8 nitrogen and oxygen atoms in total. The molecule has 196 valence electrons. The van der Waals surface area contributed by atoms with E-state index >= 15 is 0 Å². The number of ether oxygens (including phenoxy) is 1. The second-order valence-corrected chi connectivity index (χ2v) is 9.84. The van der Waals surface area contributed by atoms with Crippen molar-refractivity contribution in [3.05, 3.63) is 81.4 Å². The Hall–Kier alpha value is -3.94. The molecule has 0 aliphatic heterocycles. The molecule has 2 atom stereocenters. The summed E-state index contributed by atoms with van der Waals surface area (Å²) in [5.41, 5.74) is 4.85. The van der Waals surface area contributed by atoms with Crippen molar-refractivity contribution in [1.29, 1.82) is 0 Å². The molecule has 1 aromatic carbocycles. The third kappa shape index (κ3) is 6.64. The van der Waals surface area contributed by atoms with Gasteiger partial charge in [-0.3, -0.25) is 14.4 Å². The van der Waals surface area contributed by atoms with E-state index in [9.17, 15) is 19.5 Å². The molecule has 3 rings (SSSR count). The highest BCUT2D eigenvalue weighted by Crippen LogP contribution is 2.33. The standard InChI is InChI=1S/C29H35N3O5/c1-17(2)12-24(32-11-10-18(3)13-25(32)33)28(36)31-23(15-26(34)35)22-14-21(16-30-29(22)37-6)27-19(4)8-7-9-20(27)5/h7-11,13-14,16-17,23-24H,12,15H2,1-6H3,(H,31,36)(H,34,35)/t23?,24-/m1/s1. The number of hydrogen-bond donors (Lipinski definition) is 2. The van der Waals surface area contributed by atoms with Gasteiger partial charge in [-0.1, -0.05) is 32.0 Å². The zero-order valence-corrected chi connectivity index (χ0v) is 22.2. The lowest BCUT2D eigenvalue weighted by molar-refractivity contribution is -0.138. The van der Waals surface area contributed by atoms with E-state index in [4.69, 9.17) is 4.74 Å². The van der Waals surface area contributed by atoms with Gasteiger partial charge in [0, 0.05) is 29.6 Å². The Balaban J connectivity index is 2.07. The molecule has 0 spiro atoms. The second-order valence-electron chi connectivity index (χ2n) is 9.84. The molecule has 8 heteroatoms. The molecule has 0 bridgehead atoms. The highest BCUT2D eigenvalue weighted by molar-refractivity contribution is 5.82. The zero-order chi connectivity index (χ0) is 27.3. The summed E-state index contributed by atoms with van der Waals surface area (Å²) in [6.45, 7) is 9.75. The molecule has 3 aromatic rings. The maximum absolute atomic E-state index is 13.6. The summed E-state index contributed by atoms with van der Waals surface area (Å²) in [5.74, 6) is -1.18. The first-order valence-electron chi connectivity index (χ1n) is 12.3. The summed E-state index contributed by atoms with van der Waals surface area (Å²) in [6.07, 6.45) is 3.33. The Morgan fingerprint density at radius 1 is 1.11 bits per heavy atom. The summed E-state index contributed by atoms with van der Waals surface area (Å²) in [7, 11) is 1.46. The van der Waals surface area contributed by atoms with E-state index < -0.39 is 24.0 Å². The number of hydrogen-bond acceptors (Lipinski definition) is 5. The van der Waals surface area contributed by atoms with Gasteiger partial charge in [0.25, 0.3) is 5.56 Å². The van der Waals surface area contributed by atoms with Gasteiger partial charge in [0.2, 0.25) is 11.8 Å². The molecule has 0 fully saturated rings. The van der Waals surface area contributed by atoms with Crippen molar-refractivity contribution in [3.63, 3.8) is 0 Å². The normalized spacial score (nSPS) is 12.7. The van der Waals surface area contributed by atoms with Crippen molar-refractivity contribution in [1.82, 2.24) is 14.9 Å². The van der Waals surface area contributed by atoms with E-state index in [1.165, 1.54) is 17.7 Å². The first-order valence-corrected chi connectivity index (χ1v) is 12.3. The molecule has 2 N–H and O–H groups in total. The molecule has 2 aromatic heterocycles. The Morgan fingerprint density at radius 3 is 2.35 bits per heavy atom. The molecule has 0 saturated carbocycles. The topological polar surface area (TPSA) is 111 Å². The molecule has 0 aliphatic carbocycles. The van der Waals surface area contributed by atoms with Gasteiger partial charge in [0.15, 0.2) is 0 Å². The van der Waals surface area contributed by atoms with Gasteiger partial charge in [-0.2, -0.15) is 0 Å². The molecule has 2 heterocycles. The van der Waals surface area contributed by atoms with Crippen LogP contribution in [0.2, 0.25) is 0 Å². The van der Waals surface area contributed by atoms with E-state index in [0.29, 0.717) is 12.0 Å². The fourth-order valence-electron chi connectivity index (χ4n) is 4.62. The number of amides is 1. The summed E-state index contributed by atoms with van der Waals surface area (Å²) in [5, 5.41) is 12.6. The second kappa shape index (κ2) is 11.9. The van der Waals surface area contributed by atoms with E-state index in [-0.39, 0.29) is 23.8 Å². The number of nitrogens with zero attached hydrogens (tertiary/aromatic N) is 2. The van der Waals surface area contributed by atoms with Crippen molar-refractivity contribution < 1.29 is 19.4 Å². The summed E-state index contributed by atoms with van der Waals surface area (Å²) < 4.78 is 6.88. The first kappa shape index (κ1) is 27.6. The molecule has 0 radical (unpaired) electrons.